The van der Waals surface area contributed by atoms with Gasteiger partial charge >= 0.3 is 0 Å². The second kappa shape index (κ2) is 6.40. The van der Waals surface area contributed by atoms with Crippen molar-refractivity contribution in [3.05, 3.63) is 44.9 Å². The van der Waals surface area contributed by atoms with Crippen molar-refractivity contribution in [3.8, 4) is 5.75 Å². The second-order valence-corrected chi connectivity index (χ2v) is 4.99. The molecular weight excluding hydrogens is 340 g/mol. The van der Waals surface area contributed by atoms with E-state index in [2.05, 4.69) is 31.5 Å². The van der Waals surface area contributed by atoms with Crippen molar-refractivity contribution >= 4 is 38.9 Å². The Labute approximate surface area is 129 Å². The summed E-state index contributed by atoms with van der Waals surface area (Å²) >= 11 is 3.37. The highest BCUT2D eigenvalue weighted by Crippen LogP contribution is 2.31. The molecule has 1 aromatic heterocycles. The Hall–Kier alpha value is -2.35. The standard InChI is InChI=1S/C13H13BrN4O3/c1-15-12-6-9(18(19)20)7-13(17-12)16-10-5-8(14)3-4-11(10)21-2/h3-7H,1-2H3,(H2,15,16,17). The number of nitrogens with zero attached hydrogens (tertiary/aromatic N) is 2. The summed E-state index contributed by atoms with van der Waals surface area (Å²) in [5.41, 5.74) is 0.604. The van der Waals surface area contributed by atoms with Crippen LogP contribution < -0.4 is 15.4 Å². The monoisotopic (exact) mass is 352 g/mol. The second-order valence-electron chi connectivity index (χ2n) is 4.07. The normalized spacial score (nSPS) is 10.0. The molecule has 0 bridgehead atoms. The van der Waals surface area contributed by atoms with Gasteiger partial charge in [-0.25, -0.2) is 4.98 Å². The van der Waals surface area contributed by atoms with Crippen LogP contribution in [-0.4, -0.2) is 24.1 Å². The molecule has 0 fully saturated rings. The third-order valence-corrected chi connectivity index (χ3v) is 3.19. The number of hydrogen-bond donors (Lipinski definition) is 2. The molecule has 0 amide bonds. The van der Waals surface area contributed by atoms with E-state index in [1.807, 2.05) is 6.07 Å². The molecule has 1 heterocycles. The first kappa shape index (κ1) is 15.0. The van der Waals surface area contributed by atoms with Crippen LogP contribution in [0.15, 0.2) is 34.8 Å². The van der Waals surface area contributed by atoms with Gasteiger partial charge in [-0.05, 0) is 18.2 Å². The largest absolute Gasteiger partial charge is 0.495 e. The number of hydrogen-bond acceptors (Lipinski definition) is 6. The van der Waals surface area contributed by atoms with Crippen molar-refractivity contribution in [1.82, 2.24) is 4.98 Å². The Morgan fingerprint density at radius 3 is 2.62 bits per heavy atom. The third-order valence-electron chi connectivity index (χ3n) is 2.70. The number of methoxy groups -OCH3 is 1. The lowest BCUT2D eigenvalue weighted by molar-refractivity contribution is -0.384. The molecule has 0 radical (unpaired) electrons. The third kappa shape index (κ3) is 3.60. The van der Waals surface area contributed by atoms with Crippen molar-refractivity contribution in [2.45, 2.75) is 0 Å². The van der Waals surface area contributed by atoms with Gasteiger partial charge in [0.2, 0.25) is 0 Å². The molecule has 0 aliphatic rings. The van der Waals surface area contributed by atoms with E-state index >= 15 is 0 Å². The van der Waals surface area contributed by atoms with E-state index in [1.54, 1.807) is 26.3 Å². The fourth-order valence-corrected chi connectivity index (χ4v) is 2.09. The summed E-state index contributed by atoms with van der Waals surface area (Å²) in [5, 5.41) is 16.8. The predicted molar refractivity (Wildman–Crippen MR) is 84.4 cm³/mol. The van der Waals surface area contributed by atoms with Crippen LogP contribution in [0.1, 0.15) is 0 Å². The highest BCUT2D eigenvalue weighted by Gasteiger charge is 2.12. The van der Waals surface area contributed by atoms with Crippen molar-refractivity contribution in [2.75, 3.05) is 24.8 Å². The van der Waals surface area contributed by atoms with Crippen molar-refractivity contribution < 1.29 is 9.66 Å². The average Bonchev–Trinajstić information content (AvgIpc) is 2.47. The number of rotatable bonds is 5. The highest BCUT2D eigenvalue weighted by atomic mass is 79.9. The maximum atomic E-state index is 10.9. The smallest absolute Gasteiger partial charge is 0.276 e. The molecule has 0 atom stereocenters. The Kier molecular flexibility index (Phi) is 4.59. The zero-order chi connectivity index (χ0) is 15.4. The van der Waals surface area contributed by atoms with Gasteiger partial charge < -0.3 is 15.4 Å². The first-order valence-electron chi connectivity index (χ1n) is 5.98. The maximum absolute atomic E-state index is 10.9. The number of pyridine rings is 1. The SMILES string of the molecule is CNc1cc([N+](=O)[O-])cc(Nc2cc(Br)ccc2OC)n1. The first-order chi connectivity index (χ1) is 10.0. The average molecular weight is 353 g/mol. The van der Waals surface area contributed by atoms with E-state index in [1.165, 1.54) is 12.1 Å². The number of anilines is 3. The lowest BCUT2D eigenvalue weighted by Gasteiger charge is -2.11. The zero-order valence-corrected chi connectivity index (χ0v) is 13.0. The molecule has 2 rings (SSSR count). The van der Waals surface area contributed by atoms with Gasteiger partial charge in [0, 0.05) is 11.5 Å². The number of halogens is 1. The zero-order valence-electron chi connectivity index (χ0n) is 11.4. The van der Waals surface area contributed by atoms with Gasteiger partial charge in [-0.15, -0.1) is 0 Å². The summed E-state index contributed by atoms with van der Waals surface area (Å²) in [5.74, 6) is 1.36. The van der Waals surface area contributed by atoms with E-state index < -0.39 is 4.92 Å². The number of benzene rings is 1. The van der Waals surface area contributed by atoms with Gasteiger partial charge in [0.1, 0.15) is 17.4 Å². The minimum Gasteiger partial charge on any atom is -0.495 e. The summed E-state index contributed by atoms with van der Waals surface area (Å²) in [7, 11) is 3.20. The molecule has 0 unspecified atom stereocenters. The van der Waals surface area contributed by atoms with Crippen LogP contribution in [0.3, 0.4) is 0 Å². The summed E-state index contributed by atoms with van der Waals surface area (Å²) in [6.07, 6.45) is 0. The molecule has 0 aliphatic heterocycles. The lowest BCUT2D eigenvalue weighted by Crippen LogP contribution is -2.01. The molecule has 0 spiro atoms. The van der Waals surface area contributed by atoms with Gasteiger partial charge in [0.25, 0.3) is 5.69 Å². The maximum Gasteiger partial charge on any atom is 0.276 e. The van der Waals surface area contributed by atoms with Crippen LogP contribution >= 0.6 is 15.9 Å². The van der Waals surface area contributed by atoms with E-state index in [-0.39, 0.29) is 5.69 Å². The van der Waals surface area contributed by atoms with Crippen LogP contribution in [-0.2, 0) is 0 Å². The first-order valence-corrected chi connectivity index (χ1v) is 6.77. The Morgan fingerprint density at radius 2 is 2.00 bits per heavy atom. The fourth-order valence-electron chi connectivity index (χ4n) is 1.73. The fraction of sp³-hybridized carbons (Fsp3) is 0.154. The van der Waals surface area contributed by atoms with Crippen LogP contribution in [0, 0.1) is 10.1 Å². The lowest BCUT2D eigenvalue weighted by atomic mass is 10.3. The Bertz CT molecular complexity index is 678. The van der Waals surface area contributed by atoms with Crippen molar-refractivity contribution in [2.24, 2.45) is 0 Å². The summed E-state index contributed by atoms with van der Waals surface area (Å²) < 4.78 is 6.10. The van der Waals surface area contributed by atoms with Crippen LogP contribution in [0.5, 0.6) is 5.75 Å². The van der Waals surface area contributed by atoms with E-state index in [9.17, 15) is 10.1 Å². The minimum absolute atomic E-state index is 0.0502. The van der Waals surface area contributed by atoms with Crippen LogP contribution in [0.25, 0.3) is 0 Å². The number of aromatic nitrogens is 1. The quantitative estimate of drug-likeness (QED) is 0.631. The molecule has 1 aromatic carbocycles. The molecule has 0 saturated heterocycles. The molecule has 0 aliphatic carbocycles. The topological polar surface area (TPSA) is 89.3 Å². The molecule has 21 heavy (non-hydrogen) atoms. The summed E-state index contributed by atoms with van der Waals surface area (Å²) in [6.45, 7) is 0. The Balaban J connectivity index is 2.41. The Morgan fingerprint density at radius 1 is 1.29 bits per heavy atom. The van der Waals surface area contributed by atoms with Gasteiger partial charge in [-0.1, -0.05) is 15.9 Å². The van der Waals surface area contributed by atoms with Crippen LogP contribution in [0.2, 0.25) is 0 Å². The molecule has 0 saturated carbocycles. The predicted octanol–water partition coefficient (Wildman–Crippen LogP) is 3.55. The van der Waals surface area contributed by atoms with Gasteiger partial charge in [-0.3, -0.25) is 10.1 Å². The van der Waals surface area contributed by atoms with Gasteiger partial charge in [-0.2, -0.15) is 0 Å². The van der Waals surface area contributed by atoms with Crippen LogP contribution in [0.4, 0.5) is 23.0 Å². The molecule has 8 heteroatoms. The molecule has 2 N–H and O–H groups in total. The van der Waals surface area contributed by atoms with Crippen molar-refractivity contribution in [3.63, 3.8) is 0 Å². The van der Waals surface area contributed by atoms with Gasteiger partial charge in [0.05, 0.1) is 29.9 Å². The van der Waals surface area contributed by atoms with Crippen molar-refractivity contribution in [1.29, 1.82) is 0 Å². The van der Waals surface area contributed by atoms with E-state index in [0.29, 0.717) is 23.1 Å². The minimum atomic E-state index is -0.466. The highest BCUT2D eigenvalue weighted by molar-refractivity contribution is 9.10. The van der Waals surface area contributed by atoms with E-state index in [4.69, 9.17) is 4.74 Å². The molecule has 2 aromatic rings. The molecule has 7 nitrogen and oxygen atoms in total. The number of nitrogens with one attached hydrogen (secondary N) is 2. The van der Waals surface area contributed by atoms with E-state index in [0.717, 1.165) is 4.47 Å². The summed E-state index contributed by atoms with van der Waals surface area (Å²) in [4.78, 5) is 14.7. The summed E-state index contributed by atoms with van der Waals surface area (Å²) in [6, 6.07) is 8.15. The molecule has 110 valence electrons. The number of nitro groups is 1. The van der Waals surface area contributed by atoms with Gasteiger partial charge in [0.15, 0.2) is 0 Å². The number of ether oxygens (including phenoxy) is 1. The molecular formula is C13H13BrN4O3.